The Morgan fingerprint density at radius 2 is 2.19 bits per heavy atom. The lowest BCUT2D eigenvalue weighted by molar-refractivity contribution is 0.0961. The Kier molecular flexibility index (Phi) is 5.87. The second kappa shape index (κ2) is 6.67. The summed E-state index contributed by atoms with van der Waals surface area (Å²) in [5.74, 6) is 0. The van der Waals surface area contributed by atoms with Crippen molar-refractivity contribution in [2.45, 2.75) is 4.21 Å². The van der Waals surface area contributed by atoms with Gasteiger partial charge in [-0.3, -0.25) is 0 Å². The molecule has 0 aromatic carbocycles. The van der Waals surface area contributed by atoms with E-state index < -0.39 is 10.0 Å². The van der Waals surface area contributed by atoms with Crippen LogP contribution in [0.1, 0.15) is 0 Å². The summed E-state index contributed by atoms with van der Waals surface area (Å²) in [6.07, 6.45) is 0. The molecule has 0 unspecified atom stereocenters. The smallest absolute Gasteiger partial charge is 0.250 e. The fourth-order valence-electron chi connectivity index (χ4n) is 0.928. The average Bonchev–Trinajstić information content (AvgIpc) is 2.65. The summed E-state index contributed by atoms with van der Waals surface area (Å²) < 4.78 is 31.7. The number of sulfonamides is 1. The lowest BCUT2D eigenvalue weighted by atomic mass is 10.7. The van der Waals surface area contributed by atoms with Crippen molar-refractivity contribution in [3.63, 3.8) is 0 Å². The highest BCUT2D eigenvalue weighted by Crippen LogP contribution is 2.25. The second-order valence-corrected chi connectivity index (χ2v) is 7.25. The molecule has 2 N–H and O–H groups in total. The van der Waals surface area contributed by atoms with Crippen molar-refractivity contribution < 1.29 is 18.3 Å². The van der Waals surface area contributed by atoms with Crippen LogP contribution in [-0.4, -0.2) is 39.9 Å². The molecule has 1 rings (SSSR count). The zero-order valence-electron chi connectivity index (χ0n) is 8.35. The molecular formula is C8H12BrNO4S2. The van der Waals surface area contributed by atoms with Crippen molar-refractivity contribution in [2.75, 3.05) is 26.4 Å². The van der Waals surface area contributed by atoms with E-state index >= 15 is 0 Å². The molecule has 1 aromatic rings. The maximum atomic E-state index is 11.7. The molecule has 0 saturated heterocycles. The number of halogens is 1. The quantitative estimate of drug-likeness (QED) is 0.725. The van der Waals surface area contributed by atoms with E-state index in [1.54, 1.807) is 6.07 Å². The van der Waals surface area contributed by atoms with Crippen molar-refractivity contribution in [1.29, 1.82) is 0 Å². The monoisotopic (exact) mass is 329 g/mol. The van der Waals surface area contributed by atoms with E-state index in [-0.39, 0.29) is 30.6 Å². The Morgan fingerprint density at radius 3 is 2.75 bits per heavy atom. The van der Waals surface area contributed by atoms with E-state index in [0.29, 0.717) is 0 Å². The molecule has 1 heterocycles. The number of hydrogen-bond acceptors (Lipinski definition) is 5. The molecule has 1 aromatic heterocycles. The van der Waals surface area contributed by atoms with Gasteiger partial charge in [0.05, 0.1) is 23.6 Å². The van der Waals surface area contributed by atoms with Gasteiger partial charge in [0.25, 0.3) is 0 Å². The summed E-state index contributed by atoms with van der Waals surface area (Å²) in [4.78, 5) is 0. The molecule has 0 bridgehead atoms. The number of aliphatic hydroxyl groups is 1. The van der Waals surface area contributed by atoms with Gasteiger partial charge in [-0.1, -0.05) is 0 Å². The van der Waals surface area contributed by atoms with Gasteiger partial charge >= 0.3 is 0 Å². The number of nitrogens with one attached hydrogen (secondary N) is 1. The predicted molar refractivity (Wildman–Crippen MR) is 65.1 cm³/mol. The Hall–Kier alpha value is 0.01000. The molecule has 0 aliphatic carbocycles. The molecule has 0 atom stereocenters. The van der Waals surface area contributed by atoms with Gasteiger partial charge in [0.2, 0.25) is 10.0 Å². The molecule has 92 valence electrons. The molecule has 0 amide bonds. The first kappa shape index (κ1) is 14.1. The first-order valence-corrected chi connectivity index (χ1v) is 7.59. The third kappa shape index (κ3) is 4.48. The van der Waals surface area contributed by atoms with Gasteiger partial charge in [0.1, 0.15) is 4.21 Å². The molecular weight excluding hydrogens is 318 g/mol. The molecule has 16 heavy (non-hydrogen) atoms. The summed E-state index contributed by atoms with van der Waals surface area (Å²) in [5.41, 5.74) is 0. The zero-order chi connectivity index (χ0) is 12.0. The first-order valence-electron chi connectivity index (χ1n) is 4.50. The lowest BCUT2D eigenvalue weighted by Gasteiger charge is -2.04. The summed E-state index contributed by atoms with van der Waals surface area (Å²) >= 11 is 4.35. The zero-order valence-corrected chi connectivity index (χ0v) is 11.6. The van der Waals surface area contributed by atoms with Crippen LogP contribution >= 0.6 is 27.3 Å². The first-order chi connectivity index (χ1) is 7.56. The van der Waals surface area contributed by atoms with Crippen molar-refractivity contribution in [2.24, 2.45) is 0 Å². The Labute approximate surface area is 107 Å². The second-order valence-electron chi connectivity index (χ2n) is 2.79. The van der Waals surface area contributed by atoms with Gasteiger partial charge in [-0.05, 0) is 28.1 Å². The number of rotatable bonds is 7. The van der Waals surface area contributed by atoms with E-state index in [1.165, 1.54) is 6.07 Å². The Morgan fingerprint density at radius 1 is 1.44 bits per heavy atom. The van der Waals surface area contributed by atoms with E-state index in [9.17, 15) is 8.42 Å². The number of hydrogen-bond donors (Lipinski definition) is 2. The standard InChI is InChI=1S/C8H12BrNO4S2/c9-7-1-2-8(15-7)16(12,13)10-3-5-14-6-4-11/h1-2,10-11H,3-6H2. The maximum absolute atomic E-state index is 11.7. The molecule has 0 spiro atoms. The highest BCUT2D eigenvalue weighted by molar-refractivity contribution is 9.11. The van der Waals surface area contributed by atoms with E-state index in [4.69, 9.17) is 9.84 Å². The van der Waals surface area contributed by atoms with Crippen LogP contribution in [0, 0.1) is 0 Å². The van der Waals surface area contributed by atoms with Crippen molar-refractivity contribution in [1.82, 2.24) is 4.72 Å². The fourth-order valence-corrected chi connectivity index (χ4v) is 4.00. The van der Waals surface area contributed by atoms with Crippen LogP contribution in [0.25, 0.3) is 0 Å². The highest BCUT2D eigenvalue weighted by Gasteiger charge is 2.15. The van der Waals surface area contributed by atoms with E-state index in [0.717, 1.165) is 15.1 Å². The van der Waals surface area contributed by atoms with Gasteiger partial charge in [0.15, 0.2) is 0 Å². The number of thiophene rings is 1. The summed E-state index contributed by atoms with van der Waals surface area (Å²) in [6.45, 7) is 0.584. The van der Waals surface area contributed by atoms with Crippen molar-refractivity contribution in [3.05, 3.63) is 15.9 Å². The van der Waals surface area contributed by atoms with Crippen molar-refractivity contribution >= 4 is 37.3 Å². The van der Waals surface area contributed by atoms with Crippen LogP contribution in [0.15, 0.2) is 20.1 Å². The Balaban J connectivity index is 2.41. The average molecular weight is 330 g/mol. The minimum atomic E-state index is -3.43. The molecule has 0 radical (unpaired) electrons. The third-order valence-electron chi connectivity index (χ3n) is 1.59. The summed E-state index contributed by atoms with van der Waals surface area (Å²) in [7, 11) is -3.43. The van der Waals surface area contributed by atoms with Crippen LogP contribution in [0.3, 0.4) is 0 Å². The summed E-state index contributed by atoms with van der Waals surface area (Å²) in [5, 5.41) is 8.44. The minimum Gasteiger partial charge on any atom is -0.394 e. The van der Waals surface area contributed by atoms with Crippen LogP contribution in [-0.2, 0) is 14.8 Å². The van der Waals surface area contributed by atoms with E-state index in [2.05, 4.69) is 20.7 Å². The highest BCUT2D eigenvalue weighted by atomic mass is 79.9. The maximum Gasteiger partial charge on any atom is 0.250 e. The topological polar surface area (TPSA) is 75.6 Å². The van der Waals surface area contributed by atoms with Gasteiger partial charge in [0, 0.05) is 6.54 Å². The predicted octanol–water partition coefficient (Wildman–Crippen LogP) is 0.798. The largest absolute Gasteiger partial charge is 0.394 e. The van der Waals surface area contributed by atoms with Gasteiger partial charge in [-0.2, -0.15) is 0 Å². The Bertz CT molecular complexity index is 417. The third-order valence-corrected chi connectivity index (χ3v) is 5.16. The SMILES string of the molecule is O=S(=O)(NCCOCCO)c1ccc(Br)s1. The van der Waals surface area contributed by atoms with Crippen LogP contribution < -0.4 is 4.72 Å². The molecule has 0 aliphatic heterocycles. The normalized spacial score (nSPS) is 11.9. The fraction of sp³-hybridized carbons (Fsp3) is 0.500. The van der Waals surface area contributed by atoms with Gasteiger partial charge < -0.3 is 9.84 Å². The van der Waals surface area contributed by atoms with Crippen LogP contribution in [0.2, 0.25) is 0 Å². The molecule has 0 saturated carbocycles. The van der Waals surface area contributed by atoms with Crippen LogP contribution in [0.4, 0.5) is 0 Å². The molecule has 0 aliphatic rings. The number of aliphatic hydroxyl groups excluding tert-OH is 1. The van der Waals surface area contributed by atoms with Gasteiger partial charge in [-0.15, -0.1) is 11.3 Å². The number of ether oxygens (including phenoxy) is 1. The molecule has 8 heteroatoms. The van der Waals surface area contributed by atoms with Gasteiger partial charge in [-0.25, -0.2) is 13.1 Å². The molecule has 5 nitrogen and oxygen atoms in total. The van der Waals surface area contributed by atoms with Crippen LogP contribution in [0.5, 0.6) is 0 Å². The summed E-state index contributed by atoms with van der Waals surface area (Å²) in [6, 6.07) is 3.22. The minimum absolute atomic E-state index is 0.0649. The van der Waals surface area contributed by atoms with Crippen molar-refractivity contribution in [3.8, 4) is 0 Å². The molecule has 0 fully saturated rings. The van der Waals surface area contributed by atoms with E-state index in [1.807, 2.05) is 0 Å². The lowest BCUT2D eigenvalue weighted by Crippen LogP contribution is -2.27.